The quantitative estimate of drug-likeness (QED) is 0.111. The van der Waals surface area contributed by atoms with Gasteiger partial charge < -0.3 is 40.2 Å². The fourth-order valence-corrected chi connectivity index (χ4v) is 5.35. The molecule has 1 aliphatic rings. The second-order valence-corrected chi connectivity index (χ2v) is 10.3. The van der Waals surface area contributed by atoms with Crippen molar-refractivity contribution in [2.24, 2.45) is 0 Å². The Kier molecular flexibility index (Phi) is 11.7. The molecule has 0 heterocycles. The Balaban J connectivity index is 2.00. The van der Waals surface area contributed by atoms with Crippen molar-refractivity contribution in [2.45, 2.75) is 76.1 Å². The molecular formula is C26H38B4O8. The average Bonchev–Trinajstić information content (AvgIpc) is 3.16. The first-order valence-electron chi connectivity index (χ1n) is 13.6. The van der Waals surface area contributed by atoms with E-state index >= 15 is 0 Å². The highest BCUT2D eigenvalue weighted by molar-refractivity contribution is 6.50. The van der Waals surface area contributed by atoms with Crippen molar-refractivity contribution in [3.05, 3.63) is 64.7 Å². The molecule has 0 fully saturated rings. The smallest absolute Gasteiger partial charge is 0.427 e. The van der Waals surface area contributed by atoms with Crippen LogP contribution in [0.15, 0.2) is 42.5 Å². The highest BCUT2D eigenvalue weighted by atomic mass is 16.4. The summed E-state index contributed by atoms with van der Waals surface area (Å²) in [5, 5.41) is 77.6. The molecule has 2 aromatic rings. The first-order valence-corrected chi connectivity index (χ1v) is 13.6. The second-order valence-electron chi connectivity index (χ2n) is 10.3. The van der Waals surface area contributed by atoms with Crippen LogP contribution in [0.1, 0.15) is 85.8 Å². The molecule has 0 bridgehead atoms. The third kappa shape index (κ3) is 7.83. The minimum absolute atomic E-state index is 0.232. The molecule has 0 radical (unpaired) electrons. The van der Waals surface area contributed by atoms with Gasteiger partial charge in [0.15, 0.2) is 0 Å². The van der Waals surface area contributed by atoms with Gasteiger partial charge in [0.1, 0.15) is 0 Å². The predicted molar refractivity (Wildman–Crippen MR) is 153 cm³/mol. The third-order valence-electron chi connectivity index (χ3n) is 7.37. The summed E-state index contributed by atoms with van der Waals surface area (Å²) in [4.78, 5) is 0. The fourth-order valence-electron chi connectivity index (χ4n) is 5.35. The molecule has 0 aliphatic heterocycles. The topological polar surface area (TPSA) is 162 Å². The van der Waals surface area contributed by atoms with E-state index < -0.39 is 40.1 Å². The third-order valence-corrected chi connectivity index (χ3v) is 7.37. The van der Waals surface area contributed by atoms with Gasteiger partial charge in [0.2, 0.25) is 0 Å². The summed E-state index contributed by atoms with van der Waals surface area (Å²) in [7, 11) is -6.92. The molecule has 0 saturated carbocycles. The molecule has 2 unspecified atom stereocenters. The van der Waals surface area contributed by atoms with Gasteiger partial charge in [-0.05, 0) is 64.4 Å². The Morgan fingerprint density at radius 3 is 1.47 bits per heavy atom. The monoisotopic (exact) mass is 522 g/mol. The zero-order chi connectivity index (χ0) is 27.8. The minimum Gasteiger partial charge on any atom is -0.427 e. The number of benzene rings is 2. The van der Waals surface area contributed by atoms with Crippen molar-refractivity contribution in [3.63, 3.8) is 0 Å². The maximum atomic E-state index is 9.92. The van der Waals surface area contributed by atoms with Crippen molar-refractivity contribution in [2.75, 3.05) is 0 Å². The molecule has 38 heavy (non-hydrogen) atoms. The molecule has 1 aliphatic carbocycles. The fraction of sp³-hybridized carbons (Fsp3) is 0.462. The standard InChI is InChI=1S/C26H38B4O8/c1-2-3-4-5-6-7-8-9-20-23-14-18(25(29(35)36)16-27(31)32)10-12-21(23)22-13-11-19(15-24(20)22)26(30(37)38)17-28(33)34/h9-15,25-26,31-38H,2-8,16-17H2,1H3. The van der Waals surface area contributed by atoms with Gasteiger partial charge in [0, 0.05) is 11.6 Å². The molecule has 202 valence electrons. The highest BCUT2D eigenvalue weighted by Crippen LogP contribution is 2.47. The van der Waals surface area contributed by atoms with Crippen LogP contribution in [-0.4, -0.2) is 68.7 Å². The van der Waals surface area contributed by atoms with Crippen LogP contribution in [0.25, 0.3) is 16.7 Å². The normalized spacial score (nSPS) is 13.6. The van der Waals surface area contributed by atoms with Crippen molar-refractivity contribution in [1.82, 2.24) is 0 Å². The van der Waals surface area contributed by atoms with Crippen LogP contribution in [0.5, 0.6) is 0 Å². The van der Waals surface area contributed by atoms with E-state index in [1.54, 1.807) is 12.1 Å². The molecule has 12 heteroatoms. The first-order chi connectivity index (χ1) is 18.1. The summed E-state index contributed by atoms with van der Waals surface area (Å²) >= 11 is 0. The largest absolute Gasteiger partial charge is 0.458 e. The molecule has 8 N–H and O–H groups in total. The van der Waals surface area contributed by atoms with E-state index in [1.165, 1.54) is 25.7 Å². The molecular weight excluding hydrogens is 484 g/mol. The summed E-state index contributed by atoms with van der Waals surface area (Å²) in [5.74, 6) is -1.78. The maximum absolute atomic E-state index is 9.92. The summed E-state index contributed by atoms with van der Waals surface area (Å²) < 4.78 is 0. The first kappa shape index (κ1) is 30.7. The van der Waals surface area contributed by atoms with Gasteiger partial charge >= 0.3 is 28.5 Å². The lowest BCUT2D eigenvalue weighted by atomic mass is 9.59. The Morgan fingerprint density at radius 1 is 0.605 bits per heavy atom. The lowest BCUT2D eigenvalue weighted by Crippen LogP contribution is -2.28. The van der Waals surface area contributed by atoms with E-state index in [0.717, 1.165) is 47.1 Å². The lowest BCUT2D eigenvalue weighted by molar-refractivity contribution is 0.372. The van der Waals surface area contributed by atoms with Crippen LogP contribution < -0.4 is 0 Å². The van der Waals surface area contributed by atoms with Gasteiger partial charge in [-0.2, -0.15) is 0 Å². The van der Waals surface area contributed by atoms with Crippen molar-refractivity contribution >= 4 is 34.0 Å². The van der Waals surface area contributed by atoms with E-state index in [9.17, 15) is 40.2 Å². The van der Waals surface area contributed by atoms with Crippen molar-refractivity contribution in [3.8, 4) is 11.1 Å². The van der Waals surface area contributed by atoms with E-state index in [1.807, 2.05) is 24.3 Å². The molecule has 8 nitrogen and oxygen atoms in total. The van der Waals surface area contributed by atoms with E-state index in [-0.39, 0.29) is 12.6 Å². The minimum atomic E-state index is -1.77. The molecule has 2 aromatic carbocycles. The van der Waals surface area contributed by atoms with Gasteiger partial charge in [0.05, 0.1) is 0 Å². The van der Waals surface area contributed by atoms with Crippen LogP contribution in [0.3, 0.4) is 0 Å². The number of rotatable bonds is 15. The van der Waals surface area contributed by atoms with Gasteiger partial charge in [-0.25, -0.2) is 0 Å². The van der Waals surface area contributed by atoms with E-state index in [0.29, 0.717) is 11.1 Å². The Morgan fingerprint density at radius 2 is 1.05 bits per heavy atom. The summed E-state index contributed by atoms with van der Waals surface area (Å²) in [6.45, 7) is 2.19. The number of fused-ring (bicyclic) bond motifs is 3. The summed E-state index contributed by atoms with van der Waals surface area (Å²) in [5.41, 5.74) is 5.68. The summed E-state index contributed by atoms with van der Waals surface area (Å²) in [6, 6.07) is 11.0. The van der Waals surface area contributed by atoms with Crippen molar-refractivity contribution < 1.29 is 40.2 Å². The number of allylic oxidation sites excluding steroid dienone is 1. The zero-order valence-corrected chi connectivity index (χ0v) is 21.9. The average molecular weight is 522 g/mol. The molecule has 2 atom stereocenters. The van der Waals surface area contributed by atoms with Crippen LogP contribution >= 0.6 is 0 Å². The molecule has 0 spiro atoms. The van der Waals surface area contributed by atoms with Crippen LogP contribution in [0, 0.1) is 0 Å². The zero-order valence-electron chi connectivity index (χ0n) is 21.9. The Labute approximate surface area is 226 Å². The van der Waals surface area contributed by atoms with Gasteiger partial charge in [-0.15, -0.1) is 0 Å². The number of hydrogen-bond acceptors (Lipinski definition) is 8. The number of unbranched alkanes of at least 4 members (excludes halogenated alkanes) is 6. The van der Waals surface area contributed by atoms with Gasteiger partial charge in [-0.3, -0.25) is 0 Å². The van der Waals surface area contributed by atoms with Crippen LogP contribution in [0.2, 0.25) is 12.6 Å². The van der Waals surface area contributed by atoms with E-state index in [2.05, 4.69) is 13.0 Å². The second kappa shape index (κ2) is 14.5. The SMILES string of the molecule is CCCCCCCCC=C1c2cc(C(CB(O)O)B(O)O)ccc2-c2ccc(C(CB(O)O)B(O)O)cc21. The molecule has 0 amide bonds. The van der Waals surface area contributed by atoms with Crippen molar-refractivity contribution in [1.29, 1.82) is 0 Å². The highest BCUT2D eigenvalue weighted by Gasteiger charge is 2.34. The Hall–Kier alpha value is -1.88. The molecule has 3 rings (SSSR count). The molecule has 0 aromatic heterocycles. The maximum Gasteiger partial charge on any atom is 0.458 e. The lowest BCUT2D eigenvalue weighted by Gasteiger charge is -2.17. The van der Waals surface area contributed by atoms with E-state index in [4.69, 9.17) is 0 Å². The van der Waals surface area contributed by atoms with Crippen LogP contribution in [-0.2, 0) is 0 Å². The van der Waals surface area contributed by atoms with Gasteiger partial charge in [-0.1, -0.05) is 81.5 Å². The molecule has 0 saturated heterocycles. The summed E-state index contributed by atoms with van der Waals surface area (Å²) in [6.07, 6.45) is 9.46. The van der Waals surface area contributed by atoms with Crippen LogP contribution in [0.4, 0.5) is 0 Å². The predicted octanol–water partition coefficient (Wildman–Crippen LogP) is 1.99. The Bertz CT molecular complexity index is 1000. The van der Waals surface area contributed by atoms with Gasteiger partial charge in [0.25, 0.3) is 0 Å². The number of hydrogen-bond donors (Lipinski definition) is 8.